The molecule has 1 aliphatic heterocycles. The van der Waals surface area contributed by atoms with Crippen LogP contribution in [0.25, 0.3) is 0 Å². The van der Waals surface area contributed by atoms with E-state index in [4.69, 9.17) is 9.47 Å². The van der Waals surface area contributed by atoms with Crippen molar-refractivity contribution < 1.29 is 9.47 Å². The Morgan fingerprint density at radius 3 is 2.64 bits per heavy atom. The molecule has 2 atom stereocenters. The average molecular weight is 158 g/mol. The first-order chi connectivity index (χ1) is 5.22. The van der Waals surface area contributed by atoms with Crippen LogP contribution in [-0.4, -0.2) is 25.4 Å². The van der Waals surface area contributed by atoms with Gasteiger partial charge in [0.15, 0.2) is 0 Å². The topological polar surface area (TPSA) is 18.5 Å². The van der Waals surface area contributed by atoms with Crippen LogP contribution < -0.4 is 0 Å². The molecule has 1 saturated heterocycles. The maximum Gasteiger partial charge on any atom is 0.0730 e. The summed E-state index contributed by atoms with van der Waals surface area (Å²) < 4.78 is 10.7. The fraction of sp³-hybridized carbons (Fsp3) is 1.00. The van der Waals surface area contributed by atoms with Gasteiger partial charge in [0.05, 0.1) is 11.7 Å². The van der Waals surface area contributed by atoms with E-state index >= 15 is 0 Å². The highest BCUT2D eigenvalue weighted by atomic mass is 16.5. The van der Waals surface area contributed by atoms with E-state index < -0.39 is 0 Å². The maximum absolute atomic E-state index is 5.70. The quantitative estimate of drug-likeness (QED) is 0.623. The monoisotopic (exact) mass is 158 g/mol. The predicted molar refractivity (Wildman–Crippen MR) is 44.7 cm³/mol. The second-order valence-corrected chi connectivity index (χ2v) is 3.41. The standard InChI is InChI=1S/C9H18O2/c1-4-9(5-6-10-3)7-8(2)11-9/h8H,4-7H2,1-3H3. The first kappa shape index (κ1) is 9.01. The molecule has 1 fully saturated rings. The predicted octanol–water partition coefficient (Wildman–Crippen LogP) is 1.98. The number of hydrogen-bond donors (Lipinski definition) is 0. The zero-order valence-electron chi connectivity index (χ0n) is 7.72. The smallest absolute Gasteiger partial charge is 0.0730 e. The van der Waals surface area contributed by atoms with Crippen LogP contribution in [-0.2, 0) is 9.47 Å². The van der Waals surface area contributed by atoms with Crippen molar-refractivity contribution in [1.82, 2.24) is 0 Å². The summed E-state index contributed by atoms with van der Waals surface area (Å²) in [5.41, 5.74) is 0.162. The third kappa shape index (κ3) is 1.94. The molecule has 0 spiro atoms. The zero-order valence-corrected chi connectivity index (χ0v) is 7.72. The van der Waals surface area contributed by atoms with E-state index in [2.05, 4.69) is 13.8 Å². The molecule has 1 heterocycles. The minimum Gasteiger partial charge on any atom is -0.385 e. The molecule has 2 heteroatoms. The van der Waals surface area contributed by atoms with Gasteiger partial charge in [0.2, 0.25) is 0 Å². The van der Waals surface area contributed by atoms with Crippen molar-refractivity contribution in [2.45, 2.75) is 44.8 Å². The van der Waals surface area contributed by atoms with Gasteiger partial charge in [-0.15, -0.1) is 0 Å². The molecule has 66 valence electrons. The highest BCUT2D eigenvalue weighted by Crippen LogP contribution is 2.38. The van der Waals surface area contributed by atoms with Crippen LogP contribution in [0.15, 0.2) is 0 Å². The van der Waals surface area contributed by atoms with Gasteiger partial charge < -0.3 is 9.47 Å². The summed E-state index contributed by atoms with van der Waals surface area (Å²) in [5, 5.41) is 0. The van der Waals surface area contributed by atoms with Crippen molar-refractivity contribution in [3.05, 3.63) is 0 Å². The first-order valence-corrected chi connectivity index (χ1v) is 4.39. The molecule has 2 unspecified atom stereocenters. The average Bonchev–Trinajstić information content (AvgIpc) is 1.96. The molecule has 1 rings (SSSR count). The van der Waals surface area contributed by atoms with Crippen LogP contribution in [0.2, 0.25) is 0 Å². The van der Waals surface area contributed by atoms with Gasteiger partial charge in [0, 0.05) is 20.1 Å². The largest absolute Gasteiger partial charge is 0.385 e. The molecule has 0 bridgehead atoms. The lowest BCUT2D eigenvalue weighted by Crippen LogP contribution is -2.49. The van der Waals surface area contributed by atoms with Gasteiger partial charge in [-0.1, -0.05) is 6.92 Å². The van der Waals surface area contributed by atoms with Gasteiger partial charge in [-0.2, -0.15) is 0 Å². The molecule has 2 nitrogen and oxygen atoms in total. The molecule has 1 aliphatic rings. The third-order valence-corrected chi connectivity index (χ3v) is 2.52. The minimum atomic E-state index is 0.162. The van der Waals surface area contributed by atoms with E-state index in [9.17, 15) is 0 Å². The Morgan fingerprint density at radius 2 is 2.27 bits per heavy atom. The van der Waals surface area contributed by atoms with Gasteiger partial charge in [-0.05, 0) is 19.8 Å². The van der Waals surface area contributed by atoms with Crippen molar-refractivity contribution in [3.8, 4) is 0 Å². The van der Waals surface area contributed by atoms with E-state index in [1.807, 2.05) is 0 Å². The van der Waals surface area contributed by atoms with E-state index in [0.717, 1.165) is 19.4 Å². The van der Waals surface area contributed by atoms with Crippen LogP contribution >= 0.6 is 0 Å². The molecular weight excluding hydrogens is 140 g/mol. The Bertz CT molecular complexity index is 117. The van der Waals surface area contributed by atoms with Gasteiger partial charge in [0.1, 0.15) is 0 Å². The Morgan fingerprint density at radius 1 is 1.64 bits per heavy atom. The highest BCUT2D eigenvalue weighted by molar-refractivity contribution is 4.90. The Balaban J connectivity index is 2.26. The van der Waals surface area contributed by atoms with Crippen LogP contribution in [0.3, 0.4) is 0 Å². The summed E-state index contributed by atoms with van der Waals surface area (Å²) in [6.07, 6.45) is 3.82. The van der Waals surface area contributed by atoms with Crippen molar-refractivity contribution in [1.29, 1.82) is 0 Å². The minimum absolute atomic E-state index is 0.162. The molecule has 0 aliphatic carbocycles. The van der Waals surface area contributed by atoms with Crippen molar-refractivity contribution in [3.63, 3.8) is 0 Å². The Labute approximate surface area is 68.9 Å². The van der Waals surface area contributed by atoms with E-state index in [-0.39, 0.29) is 5.60 Å². The lowest BCUT2D eigenvalue weighted by Gasteiger charge is -2.46. The number of methoxy groups -OCH3 is 1. The number of rotatable bonds is 4. The van der Waals surface area contributed by atoms with Crippen molar-refractivity contribution in [2.75, 3.05) is 13.7 Å². The molecule has 0 saturated carbocycles. The van der Waals surface area contributed by atoms with Crippen molar-refractivity contribution in [2.24, 2.45) is 0 Å². The molecule has 11 heavy (non-hydrogen) atoms. The van der Waals surface area contributed by atoms with Crippen LogP contribution in [0.5, 0.6) is 0 Å². The summed E-state index contributed by atoms with van der Waals surface area (Å²) in [7, 11) is 1.74. The SMILES string of the molecule is CCC1(CCOC)CC(C)O1. The Kier molecular flexibility index (Phi) is 2.90. The molecule has 0 radical (unpaired) electrons. The van der Waals surface area contributed by atoms with Gasteiger partial charge in [0.25, 0.3) is 0 Å². The summed E-state index contributed by atoms with van der Waals surface area (Å²) in [6, 6.07) is 0. The third-order valence-electron chi connectivity index (χ3n) is 2.52. The number of hydrogen-bond acceptors (Lipinski definition) is 2. The fourth-order valence-electron chi connectivity index (χ4n) is 1.79. The fourth-order valence-corrected chi connectivity index (χ4v) is 1.79. The molecule has 0 N–H and O–H groups in total. The summed E-state index contributed by atoms with van der Waals surface area (Å²) in [6.45, 7) is 5.13. The van der Waals surface area contributed by atoms with E-state index in [1.54, 1.807) is 7.11 Å². The highest BCUT2D eigenvalue weighted by Gasteiger charge is 2.41. The zero-order chi connectivity index (χ0) is 8.32. The van der Waals surface area contributed by atoms with Crippen molar-refractivity contribution >= 4 is 0 Å². The first-order valence-electron chi connectivity index (χ1n) is 4.39. The van der Waals surface area contributed by atoms with Crippen LogP contribution in [0, 0.1) is 0 Å². The summed E-state index contributed by atoms with van der Waals surface area (Å²) in [5.74, 6) is 0. The molecule has 0 aromatic heterocycles. The second-order valence-electron chi connectivity index (χ2n) is 3.41. The Hall–Kier alpha value is -0.0800. The van der Waals surface area contributed by atoms with Gasteiger partial charge in [-0.3, -0.25) is 0 Å². The normalized spacial score (nSPS) is 36.8. The molecule has 0 amide bonds. The van der Waals surface area contributed by atoms with Gasteiger partial charge in [-0.25, -0.2) is 0 Å². The molecule has 0 aromatic carbocycles. The summed E-state index contributed by atoms with van der Waals surface area (Å²) >= 11 is 0. The lowest BCUT2D eigenvalue weighted by molar-refractivity contribution is -0.207. The second kappa shape index (κ2) is 3.55. The van der Waals surface area contributed by atoms with E-state index in [1.165, 1.54) is 6.42 Å². The molecule has 0 aromatic rings. The van der Waals surface area contributed by atoms with Crippen LogP contribution in [0.4, 0.5) is 0 Å². The van der Waals surface area contributed by atoms with E-state index in [0.29, 0.717) is 6.10 Å². The van der Waals surface area contributed by atoms with Crippen LogP contribution in [0.1, 0.15) is 33.1 Å². The number of ether oxygens (including phenoxy) is 2. The summed E-state index contributed by atoms with van der Waals surface area (Å²) in [4.78, 5) is 0. The van der Waals surface area contributed by atoms with Gasteiger partial charge >= 0.3 is 0 Å². The lowest BCUT2D eigenvalue weighted by atomic mass is 9.84. The maximum atomic E-state index is 5.70. The molecular formula is C9H18O2.